The molecule has 1 aliphatic heterocycles. The summed E-state index contributed by atoms with van der Waals surface area (Å²) in [5.41, 5.74) is 3.63. The minimum atomic E-state index is -0.190. The fourth-order valence-corrected chi connectivity index (χ4v) is 3.52. The Hall–Kier alpha value is -3.20. The van der Waals surface area contributed by atoms with E-state index in [2.05, 4.69) is 20.8 Å². The third-order valence-electron chi connectivity index (χ3n) is 4.18. The van der Waals surface area contributed by atoms with Crippen LogP contribution in [0.2, 0.25) is 0 Å². The minimum Gasteiger partial charge on any atom is -0.482 e. The van der Waals surface area contributed by atoms with Gasteiger partial charge in [0, 0.05) is 16.5 Å². The summed E-state index contributed by atoms with van der Waals surface area (Å²) in [6.45, 7) is 3.60. The molecule has 0 radical (unpaired) electrons. The Morgan fingerprint density at radius 3 is 3.00 bits per heavy atom. The van der Waals surface area contributed by atoms with Gasteiger partial charge in [-0.15, -0.1) is 11.3 Å². The summed E-state index contributed by atoms with van der Waals surface area (Å²) in [5.74, 6) is 0.893. The van der Waals surface area contributed by atoms with Crippen LogP contribution >= 0.6 is 11.3 Å². The smallest absolute Gasteiger partial charge is 0.262 e. The molecule has 4 rings (SSSR count). The first-order valence-electron chi connectivity index (χ1n) is 8.24. The van der Waals surface area contributed by atoms with Crippen molar-refractivity contribution >= 4 is 34.0 Å². The summed E-state index contributed by atoms with van der Waals surface area (Å²) in [5, 5.41) is 11.8. The number of nitrogens with one attached hydrogen (secondary N) is 2. The van der Waals surface area contributed by atoms with Crippen LogP contribution in [0.15, 0.2) is 28.1 Å². The molecule has 2 aromatic heterocycles. The lowest BCUT2D eigenvalue weighted by Crippen LogP contribution is -2.25. The number of amides is 2. The van der Waals surface area contributed by atoms with E-state index in [0.29, 0.717) is 33.7 Å². The lowest BCUT2D eigenvalue weighted by Gasteiger charge is -2.18. The highest BCUT2D eigenvalue weighted by molar-refractivity contribution is 7.14. The molecular weight excluding hydrogens is 368 g/mol. The van der Waals surface area contributed by atoms with E-state index < -0.39 is 0 Å². The number of carbonyl (C=O) groups excluding carboxylic acids is 2. The molecule has 1 aromatic carbocycles. The number of rotatable bonds is 4. The number of thiazole rings is 1. The maximum Gasteiger partial charge on any atom is 0.262 e. The second-order valence-electron chi connectivity index (χ2n) is 6.11. The molecule has 27 heavy (non-hydrogen) atoms. The summed E-state index contributed by atoms with van der Waals surface area (Å²) < 4.78 is 10.4. The predicted molar refractivity (Wildman–Crippen MR) is 100.0 cm³/mol. The van der Waals surface area contributed by atoms with Crippen LogP contribution in [0.25, 0.3) is 11.3 Å². The quantitative estimate of drug-likeness (QED) is 0.716. The van der Waals surface area contributed by atoms with Crippen molar-refractivity contribution in [2.24, 2.45) is 0 Å². The zero-order chi connectivity index (χ0) is 19.0. The number of fused-ring (bicyclic) bond motifs is 1. The van der Waals surface area contributed by atoms with Crippen molar-refractivity contribution in [3.63, 3.8) is 0 Å². The van der Waals surface area contributed by atoms with Crippen LogP contribution in [0.3, 0.4) is 0 Å². The summed E-state index contributed by atoms with van der Waals surface area (Å²) in [7, 11) is 0. The molecule has 1 aliphatic rings. The highest BCUT2D eigenvalue weighted by atomic mass is 32.1. The van der Waals surface area contributed by atoms with Crippen LogP contribution in [0.4, 0.5) is 10.8 Å². The normalized spacial score (nSPS) is 12.9. The number of hydrogen-bond donors (Lipinski definition) is 2. The van der Waals surface area contributed by atoms with Crippen LogP contribution in [0.5, 0.6) is 5.75 Å². The fourth-order valence-electron chi connectivity index (χ4n) is 2.78. The Kier molecular flexibility index (Phi) is 4.36. The first-order chi connectivity index (χ1) is 13.0. The van der Waals surface area contributed by atoms with Gasteiger partial charge in [0.1, 0.15) is 11.5 Å². The van der Waals surface area contributed by atoms with E-state index in [1.54, 1.807) is 26.0 Å². The number of benzene rings is 1. The molecule has 0 fully saturated rings. The molecule has 3 heterocycles. The van der Waals surface area contributed by atoms with Gasteiger partial charge in [0.05, 0.1) is 23.5 Å². The molecule has 8 nitrogen and oxygen atoms in total. The number of hydrogen-bond acceptors (Lipinski definition) is 7. The monoisotopic (exact) mass is 384 g/mol. The Labute approximate surface area is 158 Å². The SMILES string of the molecule is Cc1noc(C)c1CC(=O)Nc1nc(-c2ccc3c(c2)NC(=O)CO3)cs1. The number of aryl methyl sites for hydroxylation is 2. The van der Waals surface area contributed by atoms with E-state index in [9.17, 15) is 9.59 Å². The highest BCUT2D eigenvalue weighted by Crippen LogP contribution is 2.33. The predicted octanol–water partition coefficient (Wildman–Crippen LogP) is 2.93. The maximum atomic E-state index is 12.3. The second-order valence-corrected chi connectivity index (χ2v) is 6.97. The lowest BCUT2D eigenvalue weighted by molar-refractivity contribution is -0.118. The van der Waals surface area contributed by atoms with Gasteiger partial charge < -0.3 is 19.9 Å². The van der Waals surface area contributed by atoms with Gasteiger partial charge in [-0.2, -0.15) is 0 Å². The summed E-state index contributed by atoms with van der Waals surface area (Å²) in [6.07, 6.45) is 0.179. The van der Waals surface area contributed by atoms with Crippen molar-refractivity contribution in [2.45, 2.75) is 20.3 Å². The number of anilines is 2. The summed E-state index contributed by atoms with van der Waals surface area (Å²) in [4.78, 5) is 28.2. The van der Waals surface area contributed by atoms with Crippen LogP contribution < -0.4 is 15.4 Å². The van der Waals surface area contributed by atoms with Crippen LogP contribution in [0, 0.1) is 13.8 Å². The molecule has 0 saturated carbocycles. The van der Waals surface area contributed by atoms with E-state index in [4.69, 9.17) is 9.26 Å². The van der Waals surface area contributed by atoms with E-state index >= 15 is 0 Å². The molecule has 0 aliphatic carbocycles. The van der Waals surface area contributed by atoms with Crippen molar-refractivity contribution in [1.29, 1.82) is 0 Å². The number of ether oxygens (including phenoxy) is 1. The van der Waals surface area contributed by atoms with E-state index in [-0.39, 0.29) is 24.8 Å². The number of carbonyl (C=O) groups is 2. The van der Waals surface area contributed by atoms with Gasteiger partial charge in [0.15, 0.2) is 11.7 Å². The van der Waals surface area contributed by atoms with E-state index in [1.807, 2.05) is 11.4 Å². The van der Waals surface area contributed by atoms with Crippen LogP contribution in [-0.2, 0) is 16.0 Å². The lowest BCUT2D eigenvalue weighted by atomic mass is 10.1. The van der Waals surface area contributed by atoms with Gasteiger partial charge >= 0.3 is 0 Å². The van der Waals surface area contributed by atoms with Gasteiger partial charge in [-0.25, -0.2) is 4.98 Å². The Morgan fingerprint density at radius 2 is 2.22 bits per heavy atom. The fraction of sp³-hybridized carbons (Fsp3) is 0.222. The van der Waals surface area contributed by atoms with Crippen molar-refractivity contribution < 1.29 is 18.8 Å². The molecule has 0 atom stereocenters. The number of aromatic nitrogens is 2. The molecule has 138 valence electrons. The molecule has 9 heteroatoms. The van der Waals surface area contributed by atoms with Crippen molar-refractivity contribution in [3.8, 4) is 17.0 Å². The van der Waals surface area contributed by atoms with Gasteiger partial charge in [-0.05, 0) is 32.0 Å². The number of nitrogens with zero attached hydrogens (tertiary/aromatic N) is 2. The van der Waals surface area contributed by atoms with Crippen molar-refractivity contribution in [2.75, 3.05) is 17.2 Å². The zero-order valence-electron chi connectivity index (χ0n) is 14.7. The molecule has 0 bridgehead atoms. The van der Waals surface area contributed by atoms with Gasteiger partial charge in [0.2, 0.25) is 5.91 Å². The van der Waals surface area contributed by atoms with E-state index in [0.717, 1.165) is 11.1 Å². The molecule has 0 saturated heterocycles. The van der Waals surface area contributed by atoms with Crippen LogP contribution in [-0.4, -0.2) is 28.6 Å². The first kappa shape index (κ1) is 17.2. The average Bonchev–Trinajstić information content (AvgIpc) is 3.23. The van der Waals surface area contributed by atoms with Crippen LogP contribution in [0.1, 0.15) is 17.0 Å². The largest absolute Gasteiger partial charge is 0.482 e. The molecule has 3 aromatic rings. The molecule has 0 spiro atoms. The standard InChI is InChI=1S/C18H16N4O4S/c1-9-12(10(2)26-22-9)6-16(23)21-18-20-14(8-27-18)11-3-4-15-13(5-11)19-17(24)7-25-15/h3-5,8H,6-7H2,1-2H3,(H,19,24)(H,20,21,23). The zero-order valence-corrected chi connectivity index (χ0v) is 15.5. The van der Waals surface area contributed by atoms with Gasteiger partial charge in [-0.3, -0.25) is 9.59 Å². The third-order valence-corrected chi connectivity index (χ3v) is 4.93. The Bertz CT molecular complexity index is 1020. The second kappa shape index (κ2) is 6.84. The highest BCUT2D eigenvalue weighted by Gasteiger charge is 2.18. The molecule has 2 amide bonds. The minimum absolute atomic E-state index is 0.0182. The van der Waals surface area contributed by atoms with Crippen molar-refractivity contribution in [1.82, 2.24) is 10.1 Å². The van der Waals surface area contributed by atoms with E-state index in [1.165, 1.54) is 11.3 Å². The topological polar surface area (TPSA) is 106 Å². The molecule has 2 N–H and O–H groups in total. The average molecular weight is 384 g/mol. The van der Waals surface area contributed by atoms with Crippen molar-refractivity contribution in [3.05, 3.63) is 40.6 Å². The summed E-state index contributed by atoms with van der Waals surface area (Å²) >= 11 is 1.33. The molecular formula is C18H16N4O4S. The Morgan fingerprint density at radius 1 is 1.37 bits per heavy atom. The Balaban J connectivity index is 1.48. The first-order valence-corrected chi connectivity index (χ1v) is 9.12. The summed E-state index contributed by atoms with van der Waals surface area (Å²) in [6, 6.07) is 5.46. The third kappa shape index (κ3) is 3.54. The van der Waals surface area contributed by atoms with Gasteiger partial charge in [0.25, 0.3) is 5.91 Å². The van der Waals surface area contributed by atoms with Gasteiger partial charge in [-0.1, -0.05) is 5.16 Å². The maximum absolute atomic E-state index is 12.3. The molecule has 0 unspecified atom stereocenters.